The summed E-state index contributed by atoms with van der Waals surface area (Å²) < 4.78 is 36.3. The van der Waals surface area contributed by atoms with E-state index in [1.807, 2.05) is 0 Å². The van der Waals surface area contributed by atoms with E-state index in [1.54, 1.807) is 0 Å². The molecule has 2 unspecified atom stereocenters. The molecule has 0 heterocycles. The summed E-state index contributed by atoms with van der Waals surface area (Å²) in [4.78, 5) is 0. The molecular formula is O4PbS2. The van der Waals surface area contributed by atoms with Gasteiger partial charge in [0, 0.05) is 20.2 Å². The number of hydrogen-bond donors (Lipinski definition) is 0. The van der Waals surface area contributed by atoms with Crippen molar-refractivity contribution >= 4 is 47.5 Å². The van der Waals surface area contributed by atoms with Crippen LogP contribution in [0.3, 0.4) is 0 Å². The van der Waals surface area contributed by atoms with E-state index < -0.39 is 20.2 Å². The van der Waals surface area contributed by atoms with Crippen LogP contribution in [-0.2, 0) is 20.2 Å². The van der Waals surface area contributed by atoms with Crippen molar-refractivity contribution in [3.8, 4) is 0 Å². The molecule has 0 saturated heterocycles. The molecule has 0 aliphatic heterocycles. The van der Waals surface area contributed by atoms with Crippen LogP contribution in [0.1, 0.15) is 0 Å². The van der Waals surface area contributed by atoms with Crippen LogP contribution in [0.2, 0.25) is 0 Å². The van der Waals surface area contributed by atoms with Gasteiger partial charge in [-0.1, -0.05) is 0 Å². The average molecular weight is 335 g/mol. The molecule has 0 fully saturated rings. The van der Waals surface area contributed by atoms with Crippen LogP contribution in [0.15, 0.2) is 0 Å². The smallest absolute Gasteiger partial charge is 0.763 e. The molecule has 7 heavy (non-hydrogen) atoms. The van der Waals surface area contributed by atoms with E-state index in [2.05, 4.69) is 0 Å². The second-order valence-corrected chi connectivity index (χ2v) is 2.86. The van der Waals surface area contributed by atoms with Crippen LogP contribution < -0.4 is 0 Å². The molecule has 2 radical (unpaired) electrons. The topological polar surface area (TPSA) is 80.3 Å². The molecular weight excluding hydrogens is 335 g/mol. The van der Waals surface area contributed by atoms with Crippen LogP contribution in [0.25, 0.3) is 0 Å². The van der Waals surface area contributed by atoms with Gasteiger partial charge < -0.3 is 9.11 Å². The predicted molar refractivity (Wildman–Crippen MR) is 23.6 cm³/mol. The fourth-order valence-corrected chi connectivity index (χ4v) is 0. The van der Waals surface area contributed by atoms with Crippen molar-refractivity contribution in [2.45, 2.75) is 0 Å². The van der Waals surface area contributed by atoms with Crippen LogP contribution >= 0.6 is 0 Å². The Balaban J connectivity index is 0. The van der Waals surface area contributed by atoms with Crippen molar-refractivity contribution < 1.29 is 17.5 Å². The van der Waals surface area contributed by atoms with Gasteiger partial charge in [0.25, 0.3) is 0 Å². The van der Waals surface area contributed by atoms with Crippen molar-refractivity contribution in [1.29, 1.82) is 0 Å². The summed E-state index contributed by atoms with van der Waals surface area (Å²) in [6.07, 6.45) is 0. The van der Waals surface area contributed by atoms with Gasteiger partial charge >= 0.3 is 27.3 Å². The normalized spacial score (nSPS) is 16.9. The maximum absolute atomic E-state index is 9.09. The summed E-state index contributed by atoms with van der Waals surface area (Å²) in [7, 11) is -5.90. The molecule has 4 nitrogen and oxygen atoms in total. The van der Waals surface area contributed by atoms with E-state index in [4.69, 9.17) is 17.5 Å². The third-order valence-electron chi connectivity index (χ3n) is 0.111. The first kappa shape index (κ1) is 11.0. The van der Waals surface area contributed by atoms with E-state index in [1.165, 1.54) is 0 Å². The van der Waals surface area contributed by atoms with Gasteiger partial charge in [0.05, 0.1) is 0 Å². The molecule has 0 bridgehead atoms. The molecule has 0 amide bonds. The van der Waals surface area contributed by atoms with Crippen LogP contribution in [-0.4, -0.2) is 44.8 Å². The first-order valence-electron chi connectivity index (χ1n) is 0.833. The standard InChI is InChI=1S/H2O4S2.Pb/c1-5(2)6(3)4;/h(H,1,2)(H,3,4);/q;+2/p-2. The average Bonchev–Trinajstić information content (AvgIpc) is 1.36. The molecule has 0 aliphatic carbocycles. The van der Waals surface area contributed by atoms with Gasteiger partial charge in [0.15, 0.2) is 0 Å². The van der Waals surface area contributed by atoms with Gasteiger partial charge in [0.1, 0.15) is 0 Å². The van der Waals surface area contributed by atoms with Gasteiger partial charge in [-0.05, 0) is 0 Å². The first-order valence-corrected chi connectivity index (χ1v) is 3.50. The van der Waals surface area contributed by atoms with Gasteiger partial charge in [-0.25, -0.2) is 0 Å². The molecule has 7 heteroatoms. The Morgan fingerprint density at radius 3 is 1.14 bits per heavy atom. The molecule has 0 aromatic rings. The molecule has 2 atom stereocenters. The zero-order valence-corrected chi connectivity index (χ0v) is 8.47. The van der Waals surface area contributed by atoms with Gasteiger partial charge in [-0.2, -0.15) is 0 Å². The minimum Gasteiger partial charge on any atom is -0.763 e. The number of rotatable bonds is 1. The fraction of sp³-hybridized carbons (Fsp3) is 0. The van der Waals surface area contributed by atoms with Gasteiger partial charge in [-0.15, -0.1) is 0 Å². The molecule has 40 valence electrons. The maximum Gasteiger partial charge on any atom is 2.00 e. The van der Waals surface area contributed by atoms with Crippen molar-refractivity contribution in [1.82, 2.24) is 0 Å². The first-order chi connectivity index (χ1) is 2.64. The summed E-state index contributed by atoms with van der Waals surface area (Å²) in [5.41, 5.74) is 0. The third kappa shape index (κ3) is 7.14. The van der Waals surface area contributed by atoms with Crippen molar-refractivity contribution in [3.05, 3.63) is 0 Å². The molecule has 0 spiro atoms. The second-order valence-electron chi connectivity index (χ2n) is 0.408. The molecule has 0 rings (SSSR count). The van der Waals surface area contributed by atoms with Crippen molar-refractivity contribution in [2.75, 3.05) is 0 Å². The SMILES string of the molecule is O=S([O-])S(=O)[O-].[Pb+2]. The molecule has 0 aliphatic rings. The van der Waals surface area contributed by atoms with E-state index >= 15 is 0 Å². The van der Waals surface area contributed by atoms with Crippen molar-refractivity contribution in [3.63, 3.8) is 0 Å². The summed E-state index contributed by atoms with van der Waals surface area (Å²) in [5, 5.41) is 0. The fourth-order valence-electron chi connectivity index (χ4n) is 0. The zero-order valence-electron chi connectivity index (χ0n) is 2.95. The Bertz CT molecular complexity index is 75.7. The molecule has 0 aromatic carbocycles. The largest absolute Gasteiger partial charge is 2.00 e. The quantitative estimate of drug-likeness (QED) is 0.324. The van der Waals surface area contributed by atoms with Crippen LogP contribution in [0.5, 0.6) is 0 Å². The van der Waals surface area contributed by atoms with Crippen LogP contribution in [0.4, 0.5) is 0 Å². The minimum atomic E-state index is -2.95. The Morgan fingerprint density at radius 2 is 1.14 bits per heavy atom. The van der Waals surface area contributed by atoms with Crippen LogP contribution in [0, 0.1) is 0 Å². The molecule has 0 saturated carbocycles. The Hall–Kier alpha value is 1.14. The number of hydrogen-bond acceptors (Lipinski definition) is 4. The Morgan fingerprint density at radius 1 is 1.00 bits per heavy atom. The maximum atomic E-state index is 9.09. The summed E-state index contributed by atoms with van der Waals surface area (Å²) in [5.74, 6) is 0. The molecule has 0 N–H and O–H groups in total. The Kier molecular flexibility index (Phi) is 8.31. The Labute approximate surface area is 64.8 Å². The summed E-state index contributed by atoms with van der Waals surface area (Å²) in [6, 6.07) is 0. The third-order valence-corrected chi connectivity index (χ3v) is 1.00. The van der Waals surface area contributed by atoms with Gasteiger partial charge in [0.2, 0.25) is 0 Å². The van der Waals surface area contributed by atoms with E-state index in [-0.39, 0.29) is 27.3 Å². The van der Waals surface area contributed by atoms with E-state index in [0.717, 1.165) is 0 Å². The minimum absolute atomic E-state index is 0. The van der Waals surface area contributed by atoms with E-state index in [9.17, 15) is 0 Å². The van der Waals surface area contributed by atoms with Crippen molar-refractivity contribution in [2.24, 2.45) is 0 Å². The summed E-state index contributed by atoms with van der Waals surface area (Å²) >= 11 is 0. The van der Waals surface area contributed by atoms with E-state index in [0.29, 0.717) is 0 Å². The second kappa shape index (κ2) is 5.28. The monoisotopic (exact) mass is 336 g/mol. The molecule has 0 aromatic heterocycles. The predicted octanol–water partition coefficient (Wildman–Crippen LogP) is -1.72. The zero-order chi connectivity index (χ0) is 5.15. The van der Waals surface area contributed by atoms with Gasteiger partial charge in [-0.3, -0.25) is 8.42 Å². The summed E-state index contributed by atoms with van der Waals surface area (Å²) in [6.45, 7) is 0.